The van der Waals surface area contributed by atoms with E-state index in [4.69, 9.17) is 14.7 Å². The molecule has 0 aliphatic heterocycles. The summed E-state index contributed by atoms with van der Waals surface area (Å²) in [6.45, 7) is 13.1. The molecule has 9 heteroatoms. The normalized spacial score (nSPS) is 14.0. The topological polar surface area (TPSA) is 108 Å². The Morgan fingerprint density at radius 2 is 1.78 bits per heavy atom. The van der Waals surface area contributed by atoms with Gasteiger partial charge in [-0.05, 0) is 66.5 Å². The second kappa shape index (κ2) is 8.62. The molecule has 0 fully saturated rings. The Labute approximate surface area is 175 Å². The van der Waals surface area contributed by atoms with Crippen molar-refractivity contribution < 1.29 is 22.1 Å². The number of carbonyl (C=O) groups is 1. The first-order chi connectivity index (χ1) is 12.1. The lowest BCUT2D eigenvalue weighted by Gasteiger charge is -2.26. The molecule has 27 heavy (non-hydrogen) atoms. The zero-order chi connectivity index (χ0) is 21.2. The van der Waals surface area contributed by atoms with Gasteiger partial charge in [0.2, 0.25) is 0 Å². The molecule has 1 unspecified atom stereocenters. The van der Waals surface area contributed by atoms with E-state index in [1.807, 2.05) is 49.4 Å². The molecule has 0 spiro atoms. The number of halogens is 1. The van der Waals surface area contributed by atoms with Crippen LogP contribution in [-0.4, -0.2) is 26.5 Å². The molecule has 3 N–H and O–H groups in total. The molecule has 1 rings (SSSR count). The lowest BCUT2D eigenvalue weighted by Crippen LogP contribution is -2.33. The largest absolute Gasteiger partial charge is 0.459 e. The Bertz CT molecular complexity index is 795. The van der Waals surface area contributed by atoms with Crippen LogP contribution in [0.25, 0.3) is 0 Å². The highest BCUT2D eigenvalue weighted by Gasteiger charge is 2.30. The molecule has 1 atom stereocenters. The van der Waals surface area contributed by atoms with Gasteiger partial charge in [-0.1, -0.05) is 27.7 Å². The van der Waals surface area contributed by atoms with E-state index in [0.29, 0.717) is 3.57 Å². The van der Waals surface area contributed by atoms with Gasteiger partial charge in [0.25, 0.3) is 0 Å². The molecule has 0 aromatic heterocycles. The van der Waals surface area contributed by atoms with Gasteiger partial charge in [-0.2, -0.15) is 13.1 Å². The minimum Gasteiger partial charge on any atom is -0.459 e. The Balaban J connectivity index is 3.52. The van der Waals surface area contributed by atoms with Crippen molar-refractivity contribution in [1.29, 1.82) is 0 Å². The van der Waals surface area contributed by atoms with Crippen LogP contribution in [0.4, 0.5) is 0 Å². The molecule has 0 saturated carbocycles. The molecule has 154 valence electrons. The summed E-state index contributed by atoms with van der Waals surface area (Å²) in [7, 11) is -4.03. The summed E-state index contributed by atoms with van der Waals surface area (Å²) in [4.78, 5) is 12.5. The Hall–Kier alpha value is -0.910. The number of rotatable bonds is 6. The van der Waals surface area contributed by atoms with Crippen LogP contribution >= 0.6 is 22.6 Å². The summed E-state index contributed by atoms with van der Waals surface area (Å²) in [5, 5.41) is 0. The van der Waals surface area contributed by atoms with E-state index in [1.165, 1.54) is 0 Å². The van der Waals surface area contributed by atoms with Crippen LogP contribution in [0.15, 0.2) is 12.1 Å². The minimum absolute atomic E-state index is 0.0305. The number of nitrogens with one attached hydrogen (secondary N) is 1. The van der Waals surface area contributed by atoms with E-state index in [1.54, 1.807) is 33.8 Å². The zero-order valence-corrected chi connectivity index (χ0v) is 19.8. The van der Waals surface area contributed by atoms with Crippen LogP contribution in [0.2, 0.25) is 0 Å². The van der Waals surface area contributed by atoms with E-state index in [9.17, 15) is 13.2 Å². The quantitative estimate of drug-likeness (QED) is 0.448. The number of benzene rings is 1. The van der Waals surface area contributed by atoms with Crippen LogP contribution in [0.5, 0.6) is 5.75 Å². The Morgan fingerprint density at radius 3 is 2.22 bits per heavy atom. The third kappa shape index (κ3) is 7.20. The summed E-state index contributed by atoms with van der Waals surface area (Å²) < 4.78 is 37.6. The molecule has 1 aromatic rings. The third-order valence-electron chi connectivity index (χ3n) is 3.45. The highest BCUT2D eigenvalue weighted by Crippen LogP contribution is 2.36. The van der Waals surface area contributed by atoms with Gasteiger partial charge in [-0.3, -0.25) is 0 Å². The van der Waals surface area contributed by atoms with Gasteiger partial charge in [0.1, 0.15) is 11.6 Å². The smallest absolute Gasteiger partial charge is 0.382 e. The van der Waals surface area contributed by atoms with Gasteiger partial charge >= 0.3 is 16.3 Å². The van der Waals surface area contributed by atoms with Crippen molar-refractivity contribution in [3.05, 3.63) is 26.8 Å². The van der Waals surface area contributed by atoms with Crippen molar-refractivity contribution in [1.82, 2.24) is 4.72 Å². The zero-order valence-electron chi connectivity index (χ0n) is 16.8. The number of hydrogen-bond acceptors (Lipinski definition) is 6. The maximum atomic E-state index is 12.5. The molecule has 0 bridgehead atoms. The molecule has 0 heterocycles. The molecular formula is C18H29IN2O5S. The lowest BCUT2D eigenvalue weighted by molar-refractivity contribution is -0.156. The summed E-state index contributed by atoms with van der Waals surface area (Å²) in [6.07, 6.45) is 0. The second-order valence-corrected chi connectivity index (χ2v) is 10.7. The van der Waals surface area contributed by atoms with Crippen molar-refractivity contribution in [2.24, 2.45) is 5.73 Å². The summed E-state index contributed by atoms with van der Waals surface area (Å²) >= 11 is 1.98. The maximum absolute atomic E-state index is 12.5. The minimum atomic E-state index is -4.03. The number of carbonyl (C=O) groups excluding carboxylic acids is 1. The number of hydrogen-bond donors (Lipinski definition) is 2. The SMILES string of the molecule is CCNS(=O)(=O)Oc1c(I)cc(C(C)(C)C)cc1C(N)C(=O)OC(C)(C)C. The standard InChI is InChI=1S/C18H29IN2O5S/c1-8-21-27(23,24)26-15-12(14(20)16(22)25-18(5,6)7)9-11(10-13(15)19)17(2,3)4/h9-10,14,21H,8,20H2,1-7H3. The fraction of sp³-hybridized carbons (Fsp3) is 0.611. The Kier molecular flexibility index (Phi) is 7.71. The van der Waals surface area contributed by atoms with Crippen molar-refractivity contribution in [3.8, 4) is 5.75 Å². The van der Waals surface area contributed by atoms with Crippen molar-refractivity contribution in [2.45, 2.75) is 65.5 Å². The second-order valence-electron chi connectivity index (χ2n) is 8.17. The van der Waals surface area contributed by atoms with Crippen LogP contribution in [0, 0.1) is 3.57 Å². The molecule has 0 radical (unpaired) electrons. The first-order valence-electron chi connectivity index (χ1n) is 8.59. The number of nitrogens with two attached hydrogens (primary N) is 1. The fourth-order valence-corrected chi connectivity index (χ4v) is 3.90. The molecule has 1 aromatic carbocycles. The maximum Gasteiger partial charge on any atom is 0.382 e. The van der Waals surface area contributed by atoms with Crippen LogP contribution in [0.1, 0.15) is 65.6 Å². The molecule has 0 aliphatic carbocycles. The van der Waals surface area contributed by atoms with Gasteiger partial charge in [-0.15, -0.1) is 0 Å². The van der Waals surface area contributed by atoms with E-state index in [2.05, 4.69) is 4.72 Å². The van der Waals surface area contributed by atoms with Crippen molar-refractivity contribution in [2.75, 3.05) is 6.54 Å². The molecule has 0 aliphatic rings. The molecule has 7 nitrogen and oxygen atoms in total. The summed E-state index contributed by atoms with van der Waals surface area (Å²) in [5.41, 5.74) is 6.35. The molecular weight excluding hydrogens is 483 g/mol. The average Bonchev–Trinajstić information content (AvgIpc) is 2.45. The molecule has 0 amide bonds. The lowest BCUT2D eigenvalue weighted by atomic mass is 9.85. The van der Waals surface area contributed by atoms with Crippen LogP contribution in [-0.2, 0) is 25.3 Å². The summed E-state index contributed by atoms with van der Waals surface area (Å²) in [6, 6.07) is 2.34. The van der Waals surface area contributed by atoms with Gasteiger partial charge in [0.15, 0.2) is 5.75 Å². The van der Waals surface area contributed by atoms with E-state index in [-0.39, 0.29) is 23.3 Å². The van der Waals surface area contributed by atoms with Gasteiger partial charge in [0.05, 0.1) is 3.57 Å². The van der Waals surface area contributed by atoms with Gasteiger partial charge in [0, 0.05) is 12.1 Å². The fourth-order valence-electron chi connectivity index (χ4n) is 2.17. The molecule has 0 saturated heterocycles. The predicted molar refractivity (Wildman–Crippen MR) is 114 cm³/mol. The van der Waals surface area contributed by atoms with Crippen LogP contribution in [0.3, 0.4) is 0 Å². The van der Waals surface area contributed by atoms with Crippen LogP contribution < -0.4 is 14.6 Å². The highest BCUT2D eigenvalue weighted by molar-refractivity contribution is 14.1. The first-order valence-corrected chi connectivity index (χ1v) is 11.1. The first kappa shape index (κ1) is 24.1. The van der Waals surface area contributed by atoms with Gasteiger partial charge < -0.3 is 14.7 Å². The third-order valence-corrected chi connectivity index (χ3v) is 5.28. The summed E-state index contributed by atoms with van der Waals surface area (Å²) in [5.74, 6) is -0.627. The monoisotopic (exact) mass is 512 g/mol. The van der Waals surface area contributed by atoms with E-state index >= 15 is 0 Å². The van der Waals surface area contributed by atoms with Crippen molar-refractivity contribution in [3.63, 3.8) is 0 Å². The van der Waals surface area contributed by atoms with E-state index < -0.39 is 27.9 Å². The number of esters is 1. The van der Waals surface area contributed by atoms with Crippen molar-refractivity contribution >= 4 is 38.9 Å². The predicted octanol–water partition coefficient (Wildman–Crippen LogP) is 3.16. The van der Waals surface area contributed by atoms with Gasteiger partial charge in [-0.25, -0.2) is 4.79 Å². The average molecular weight is 512 g/mol. The Morgan fingerprint density at radius 1 is 1.22 bits per heavy atom. The van der Waals surface area contributed by atoms with E-state index in [0.717, 1.165) is 5.56 Å². The number of ether oxygens (including phenoxy) is 1. The highest BCUT2D eigenvalue weighted by atomic mass is 127.